The molecule has 5 aromatic rings. The van der Waals surface area contributed by atoms with Crippen LogP contribution < -0.4 is 20.4 Å². The van der Waals surface area contributed by atoms with Gasteiger partial charge < -0.3 is 25.2 Å². The van der Waals surface area contributed by atoms with Crippen LogP contribution in [0.5, 0.6) is 0 Å². The van der Waals surface area contributed by atoms with E-state index in [1.807, 2.05) is 19.1 Å². The van der Waals surface area contributed by atoms with E-state index < -0.39 is 23.2 Å². The Morgan fingerprint density at radius 2 is 1.65 bits per heavy atom. The molecule has 13 heteroatoms. The topological polar surface area (TPSA) is 117 Å². The number of ether oxygens (including phenoxy) is 1. The van der Waals surface area contributed by atoms with Crippen molar-refractivity contribution in [2.75, 3.05) is 53.3 Å². The van der Waals surface area contributed by atoms with Gasteiger partial charge in [0.05, 0.1) is 21.0 Å². The Morgan fingerprint density at radius 3 is 2.40 bits per heavy atom. The summed E-state index contributed by atoms with van der Waals surface area (Å²) in [6, 6.07) is 19.0. The molecule has 3 amide bonds. The van der Waals surface area contributed by atoms with Gasteiger partial charge in [-0.2, -0.15) is 0 Å². The molecule has 3 aromatic heterocycles. The lowest BCUT2D eigenvalue weighted by molar-refractivity contribution is -0.000519. The Hall–Kier alpha value is -5.53. The van der Waals surface area contributed by atoms with Gasteiger partial charge in [-0.25, -0.2) is 13.8 Å². The zero-order valence-corrected chi connectivity index (χ0v) is 29.1. The lowest BCUT2D eigenvalue weighted by Crippen LogP contribution is -2.59. The summed E-state index contributed by atoms with van der Waals surface area (Å²) in [6.45, 7) is 5.44. The molecule has 1 spiro atoms. The number of carbonyl (C=O) groups is 3. The molecule has 0 atom stereocenters. The van der Waals surface area contributed by atoms with Gasteiger partial charge in [0.1, 0.15) is 28.8 Å². The summed E-state index contributed by atoms with van der Waals surface area (Å²) >= 11 is 1.15. The summed E-state index contributed by atoms with van der Waals surface area (Å²) in [7, 11) is 0. The molecule has 264 valence electrons. The number of nitrogens with one attached hydrogen (secondary N) is 2. The Labute approximate surface area is 302 Å². The average Bonchev–Trinajstić information content (AvgIpc) is 3.50. The molecule has 0 radical (unpaired) electrons. The van der Waals surface area contributed by atoms with Crippen LogP contribution in [0.3, 0.4) is 0 Å². The first-order chi connectivity index (χ1) is 25.2. The number of benzene rings is 2. The highest BCUT2D eigenvalue weighted by Crippen LogP contribution is 2.43. The minimum atomic E-state index is -0.869. The first kappa shape index (κ1) is 33.6. The summed E-state index contributed by atoms with van der Waals surface area (Å²) in [5.74, 6) is -2.23. The number of aryl methyl sites for hydroxylation is 1. The van der Waals surface area contributed by atoms with Gasteiger partial charge in [-0.3, -0.25) is 19.4 Å². The Balaban J connectivity index is 0.974. The standard InChI is InChI=1S/C39H34F2N6O4S/c1-23-7-12-27(35(43-23)46-21-39(22-46)14-18-51-19-15-39)36(48)44-26-10-8-24(9-11-26)38(50)47-17-13-25-20-31(52-34(25)33-30(47)6-3-16-42-33)37(49)45-32-28(40)4-2-5-29(32)41/h2-12,16,20H,13-15,17-19,21-22H2,1H3,(H,44,48)(H,45,49). The van der Waals surface area contributed by atoms with Crippen LogP contribution in [0, 0.1) is 24.0 Å². The Morgan fingerprint density at radius 1 is 0.904 bits per heavy atom. The SMILES string of the molecule is Cc1ccc(C(=O)Nc2ccc(C(=O)N3CCc4cc(C(=O)Nc5c(F)cccc5F)sc4-c4ncccc43)cc2)c(N2CC3(CCOCC3)C2)n1. The van der Waals surface area contributed by atoms with Crippen LogP contribution in [-0.2, 0) is 11.2 Å². The van der Waals surface area contributed by atoms with Gasteiger partial charge in [-0.05, 0) is 98.5 Å². The van der Waals surface area contributed by atoms with E-state index in [0.29, 0.717) is 51.9 Å². The van der Waals surface area contributed by atoms with E-state index >= 15 is 0 Å². The predicted octanol–water partition coefficient (Wildman–Crippen LogP) is 7.12. The van der Waals surface area contributed by atoms with E-state index in [4.69, 9.17) is 9.72 Å². The summed E-state index contributed by atoms with van der Waals surface area (Å²) in [5, 5.41) is 5.32. The zero-order chi connectivity index (χ0) is 36.0. The number of aromatic nitrogens is 2. The quantitative estimate of drug-likeness (QED) is 0.192. The molecule has 0 saturated carbocycles. The number of para-hydroxylation sites is 1. The van der Waals surface area contributed by atoms with E-state index in [1.54, 1.807) is 53.6 Å². The van der Waals surface area contributed by atoms with Crippen LogP contribution in [0.4, 0.5) is 31.7 Å². The molecule has 2 N–H and O–H groups in total. The lowest BCUT2D eigenvalue weighted by atomic mass is 9.73. The van der Waals surface area contributed by atoms with Crippen LogP contribution >= 0.6 is 11.3 Å². The molecule has 0 aliphatic carbocycles. The van der Waals surface area contributed by atoms with Crippen molar-refractivity contribution in [2.24, 2.45) is 5.41 Å². The molecule has 0 unspecified atom stereocenters. The summed E-state index contributed by atoms with van der Waals surface area (Å²) < 4.78 is 34.0. The summed E-state index contributed by atoms with van der Waals surface area (Å²) in [4.78, 5) is 54.6. The van der Waals surface area contributed by atoms with E-state index in [1.165, 1.54) is 6.07 Å². The second-order valence-electron chi connectivity index (χ2n) is 13.4. The molecule has 10 nitrogen and oxygen atoms in total. The fraction of sp³-hybridized carbons (Fsp3) is 0.256. The number of hydrogen-bond donors (Lipinski definition) is 2. The molecular formula is C39H34F2N6O4S. The molecule has 6 heterocycles. The van der Waals surface area contributed by atoms with Gasteiger partial charge in [0.2, 0.25) is 0 Å². The van der Waals surface area contributed by atoms with Gasteiger partial charge in [-0.15, -0.1) is 11.3 Å². The molecular weight excluding hydrogens is 687 g/mol. The average molecular weight is 721 g/mol. The highest BCUT2D eigenvalue weighted by molar-refractivity contribution is 7.17. The van der Waals surface area contributed by atoms with Crippen molar-refractivity contribution in [3.8, 4) is 10.6 Å². The Bertz CT molecular complexity index is 2190. The minimum Gasteiger partial charge on any atom is -0.381 e. The second-order valence-corrected chi connectivity index (χ2v) is 14.5. The van der Waals surface area contributed by atoms with Crippen LogP contribution in [0.2, 0.25) is 0 Å². The van der Waals surface area contributed by atoms with E-state index in [0.717, 1.165) is 73.9 Å². The lowest BCUT2D eigenvalue weighted by Gasteiger charge is -2.53. The molecule has 3 aliphatic heterocycles. The normalized spacial score (nSPS) is 16.0. The second kappa shape index (κ2) is 13.5. The number of carbonyl (C=O) groups excluding carboxylic acids is 3. The van der Waals surface area contributed by atoms with Crippen LogP contribution in [0.15, 0.2) is 79.0 Å². The van der Waals surface area contributed by atoms with Crippen molar-refractivity contribution >= 4 is 51.9 Å². The van der Waals surface area contributed by atoms with Crippen molar-refractivity contribution in [3.63, 3.8) is 0 Å². The number of hydrogen-bond acceptors (Lipinski definition) is 8. The number of pyridine rings is 2. The predicted molar refractivity (Wildman–Crippen MR) is 195 cm³/mol. The van der Waals surface area contributed by atoms with Gasteiger partial charge in [0, 0.05) is 61.4 Å². The fourth-order valence-electron chi connectivity index (χ4n) is 7.12. The van der Waals surface area contributed by atoms with Gasteiger partial charge in [0.15, 0.2) is 0 Å². The fourth-order valence-corrected chi connectivity index (χ4v) is 8.23. The van der Waals surface area contributed by atoms with Crippen molar-refractivity contribution in [1.29, 1.82) is 0 Å². The monoisotopic (exact) mass is 720 g/mol. The molecule has 3 aliphatic rings. The molecule has 0 bridgehead atoms. The van der Waals surface area contributed by atoms with Gasteiger partial charge in [-0.1, -0.05) is 6.07 Å². The first-order valence-electron chi connectivity index (χ1n) is 17.1. The third-order valence-electron chi connectivity index (χ3n) is 9.93. The number of nitrogens with zero attached hydrogens (tertiary/aromatic N) is 4. The van der Waals surface area contributed by atoms with E-state index in [9.17, 15) is 23.2 Å². The van der Waals surface area contributed by atoms with Crippen LogP contribution in [0.25, 0.3) is 10.6 Å². The molecule has 2 aromatic carbocycles. The van der Waals surface area contributed by atoms with Crippen LogP contribution in [0.1, 0.15) is 54.5 Å². The Kier molecular flexibility index (Phi) is 8.76. The number of thiophene rings is 1. The maximum Gasteiger partial charge on any atom is 0.265 e. The zero-order valence-electron chi connectivity index (χ0n) is 28.2. The van der Waals surface area contributed by atoms with Crippen molar-refractivity contribution in [3.05, 3.63) is 118 Å². The van der Waals surface area contributed by atoms with Crippen molar-refractivity contribution in [2.45, 2.75) is 26.2 Å². The van der Waals surface area contributed by atoms with E-state index in [-0.39, 0.29) is 22.1 Å². The largest absolute Gasteiger partial charge is 0.381 e. The number of halogens is 2. The number of rotatable bonds is 6. The summed E-state index contributed by atoms with van der Waals surface area (Å²) in [6.07, 6.45) is 4.06. The smallest absolute Gasteiger partial charge is 0.265 e. The van der Waals surface area contributed by atoms with Crippen molar-refractivity contribution < 1.29 is 27.9 Å². The van der Waals surface area contributed by atoms with E-state index in [2.05, 4.69) is 20.5 Å². The van der Waals surface area contributed by atoms with Crippen LogP contribution in [-0.4, -0.2) is 60.5 Å². The van der Waals surface area contributed by atoms with Gasteiger partial charge in [0.25, 0.3) is 17.7 Å². The molecule has 52 heavy (non-hydrogen) atoms. The maximum absolute atomic E-state index is 14.2. The van der Waals surface area contributed by atoms with Crippen molar-refractivity contribution in [1.82, 2.24) is 9.97 Å². The molecule has 2 saturated heterocycles. The molecule has 2 fully saturated rings. The summed E-state index contributed by atoms with van der Waals surface area (Å²) in [5.41, 5.74) is 3.91. The third kappa shape index (κ3) is 6.30. The van der Waals surface area contributed by atoms with Gasteiger partial charge >= 0.3 is 0 Å². The minimum absolute atomic E-state index is 0.223. The number of fused-ring (bicyclic) bond motifs is 3. The first-order valence-corrected chi connectivity index (χ1v) is 17.9. The highest BCUT2D eigenvalue weighted by atomic mass is 32.1. The molecule has 8 rings (SSSR count). The third-order valence-corrected chi connectivity index (χ3v) is 11.1. The highest BCUT2D eigenvalue weighted by Gasteiger charge is 2.45. The maximum atomic E-state index is 14.2. The number of anilines is 4. The number of amides is 3.